The maximum Gasteiger partial charge on any atom is 0.416 e. The van der Waals surface area contributed by atoms with Gasteiger partial charge in [0, 0.05) is 41.7 Å². The number of aryl methyl sites for hydroxylation is 2. The average molecular weight is 541 g/mol. The highest BCUT2D eigenvalue weighted by Gasteiger charge is 2.32. The molecular weight excluding hydrogens is 516 g/mol. The fourth-order valence-corrected chi connectivity index (χ4v) is 5.52. The zero-order chi connectivity index (χ0) is 26.4. The lowest BCUT2D eigenvalue weighted by molar-refractivity contribution is -0.139. The Labute approximate surface area is 216 Å². The number of carbonyl (C=O) groups excluding carboxylic acids is 1. The Balaban J connectivity index is 1.64. The molecule has 2 aromatic carbocycles. The summed E-state index contributed by atoms with van der Waals surface area (Å²) in [5, 5.41) is 10.0. The molecule has 1 aliphatic rings. The summed E-state index contributed by atoms with van der Waals surface area (Å²) in [5.41, 5.74) is 1.88. The summed E-state index contributed by atoms with van der Waals surface area (Å²) in [6.45, 7) is 4.43. The summed E-state index contributed by atoms with van der Waals surface area (Å²) >= 11 is 13.2. The van der Waals surface area contributed by atoms with Gasteiger partial charge in [-0.2, -0.15) is 13.2 Å². The van der Waals surface area contributed by atoms with Crippen molar-refractivity contribution < 1.29 is 27.9 Å². The number of benzene rings is 2. The summed E-state index contributed by atoms with van der Waals surface area (Å²) < 4.78 is 41.8. The van der Waals surface area contributed by atoms with Gasteiger partial charge in [-0.15, -0.1) is 0 Å². The van der Waals surface area contributed by atoms with E-state index < -0.39 is 17.7 Å². The van der Waals surface area contributed by atoms with E-state index in [1.54, 1.807) is 41.6 Å². The first-order valence-corrected chi connectivity index (χ1v) is 12.3. The van der Waals surface area contributed by atoms with Gasteiger partial charge in [0.2, 0.25) is 0 Å². The van der Waals surface area contributed by atoms with Crippen LogP contribution in [0.2, 0.25) is 10.0 Å². The Morgan fingerprint density at radius 3 is 2.36 bits per heavy atom. The first-order valence-electron chi connectivity index (χ1n) is 11.5. The van der Waals surface area contributed by atoms with Crippen molar-refractivity contribution in [2.75, 3.05) is 13.1 Å². The average Bonchev–Trinajstić information content (AvgIpc) is 3.11. The van der Waals surface area contributed by atoms with E-state index in [9.17, 15) is 22.8 Å². The van der Waals surface area contributed by atoms with Crippen LogP contribution in [0.3, 0.4) is 0 Å². The molecule has 0 aliphatic carbocycles. The third kappa shape index (κ3) is 5.20. The fraction of sp³-hybridized carbons (Fsp3) is 0.385. The Kier molecular flexibility index (Phi) is 7.30. The number of nitrogens with zero attached hydrogens (tertiary/aromatic N) is 2. The van der Waals surface area contributed by atoms with Crippen molar-refractivity contribution in [3.63, 3.8) is 0 Å². The summed E-state index contributed by atoms with van der Waals surface area (Å²) in [6.07, 6.45) is -1.40. The Morgan fingerprint density at radius 2 is 1.75 bits per heavy atom. The lowest BCUT2D eigenvalue weighted by atomic mass is 9.93. The van der Waals surface area contributed by atoms with E-state index in [1.807, 2.05) is 0 Å². The van der Waals surface area contributed by atoms with Gasteiger partial charge in [0.05, 0.1) is 28.2 Å². The lowest BCUT2D eigenvalue weighted by Crippen LogP contribution is -2.39. The third-order valence-electron chi connectivity index (χ3n) is 6.80. The molecule has 192 valence electrons. The molecule has 4 rings (SSSR count). The number of alkyl halides is 3. The topological polar surface area (TPSA) is 62.5 Å². The van der Waals surface area contributed by atoms with Gasteiger partial charge in [-0.3, -0.25) is 9.59 Å². The van der Waals surface area contributed by atoms with Crippen molar-refractivity contribution in [2.45, 2.75) is 45.8 Å². The molecule has 5 nitrogen and oxygen atoms in total. The van der Waals surface area contributed by atoms with E-state index in [0.29, 0.717) is 58.5 Å². The molecule has 1 aromatic heterocycles. The van der Waals surface area contributed by atoms with Gasteiger partial charge >= 0.3 is 12.1 Å². The molecule has 1 aliphatic heterocycles. The number of halogens is 5. The number of aromatic nitrogens is 1. The molecule has 1 amide bonds. The van der Waals surface area contributed by atoms with Crippen molar-refractivity contribution in [3.8, 4) is 0 Å². The van der Waals surface area contributed by atoms with Crippen LogP contribution < -0.4 is 0 Å². The van der Waals surface area contributed by atoms with Crippen molar-refractivity contribution in [2.24, 2.45) is 5.92 Å². The maximum absolute atomic E-state index is 13.3. The zero-order valence-electron chi connectivity index (χ0n) is 19.8. The highest BCUT2D eigenvalue weighted by molar-refractivity contribution is 6.38. The zero-order valence-corrected chi connectivity index (χ0v) is 21.3. The number of rotatable bonds is 5. The molecular formula is C26H25Cl2F3N2O3. The van der Waals surface area contributed by atoms with Gasteiger partial charge in [0.15, 0.2) is 0 Å². The van der Waals surface area contributed by atoms with Crippen LogP contribution in [0, 0.1) is 19.8 Å². The predicted octanol–water partition coefficient (Wildman–Crippen LogP) is 6.96. The van der Waals surface area contributed by atoms with Crippen molar-refractivity contribution >= 4 is 46.0 Å². The van der Waals surface area contributed by atoms with E-state index in [4.69, 9.17) is 28.3 Å². The molecule has 36 heavy (non-hydrogen) atoms. The van der Waals surface area contributed by atoms with Gasteiger partial charge in [0.1, 0.15) is 0 Å². The number of hydrogen-bond acceptors (Lipinski definition) is 2. The van der Waals surface area contributed by atoms with Gasteiger partial charge in [-0.05, 0) is 68.0 Å². The molecule has 2 heterocycles. The van der Waals surface area contributed by atoms with Crippen LogP contribution in [0.15, 0.2) is 30.5 Å². The first-order chi connectivity index (χ1) is 16.9. The molecule has 10 heteroatoms. The Bertz CT molecular complexity index is 1340. The van der Waals surface area contributed by atoms with Crippen LogP contribution in [-0.4, -0.2) is 39.5 Å². The molecule has 1 fully saturated rings. The summed E-state index contributed by atoms with van der Waals surface area (Å²) in [4.78, 5) is 25.9. The van der Waals surface area contributed by atoms with Crippen LogP contribution in [0.1, 0.15) is 51.9 Å². The minimum absolute atomic E-state index is 0.0363. The van der Waals surface area contributed by atoms with Crippen LogP contribution in [0.5, 0.6) is 0 Å². The quantitative estimate of drug-likeness (QED) is 0.380. The molecule has 0 atom stereocenters. The molecule has 0 radical (unpaired) electrons. The molecule has 1 saturated heterocycles. The standard InChI is InChI=1S/C26H25Cl2F3N2O3/c1-14-9-17(26(29,30)31)11-19-15(2)12-33(24(14)19)13-20-21(27)4-3-18(23(20)28)25(36)32-7-5-16(6-8-32)10-22(34)35/h3-4,9,11-12,16H,5-8,10,13H2,1-2H3,(H,34,35). The fourth-order valence-electron chi connectivity index (χ4n) is 4.95. The normalized spacial score (nSPS) is 15.0. The number of amides is 1. The van der Waals surface area contributed by atoms with Crippen molar-refractivity contribution in [3.05, 3.63) is 68.3 Å². The van der Waals surface area contributed by atoms with E-state index in [-0.39, 0.29) is 35.4 Å². The van der Waals surface area contributed by atoms with Gasteiger partial charge in [-0.25, -0.2) is 0 Å². The summed E-state index contributed by atoms with van der Waals surface area (Å²) in [6, 6.07) is 5.43. The highest BCUT2D eigenvalue weighted by atomic mass is 35.5. The highest BCUT2D eigenvalue weighted by Crippen LogP contribution is 2.37. The second-order valence-corrected chi connectivity index (χ2v) is 10.1. The first kappa shape index (κ1) is 26.4. The van der Waals surface area contributed by atoms with Gasteiger partial charge in [0.25, 0.3) is 5.91 Å². The minimum Gasteiger partial charge on any atom is -0.481 e. The monoisotopic (exact) mass is 540 g/mol. The van der Waals surface area contributed by atoms with Crippen molar-refractivity contribution in [1.29, 1.82) is 0 Å². The number of piperidine rings is 1. The second-order valence-electron chi connectivity index (χ2n) is 9.35. The van der Waals surface area contributed by atoms with Crippen LogP contribution in [-0.2, 0) is 17.5 Å². The second kappa shape index (κ2) is 9.98. The van der Waals surface area contributed by atoms with Gasteiger partial charge < -0.3 is 14.6 Å². The van der Waals surface area contributed by atoms with Crippen LogP contribution in [0.25, 0.3) is 10.9 Å². The molecule has 0 unspecified atom stereocenters. The third-order valence-corrected chi connectivity index (χ3v) is 7.59. The van der Waals surface area contributed by atoms with E-state index in [1.165, 1.54) is 0 Å². The van der Waals surface area contributed by atoms with E-state index >= 15 is 0 Å². The number of fused-ring (bicyclic) bond motifs is 1. The van der Waals surface area contributed by atoms with Crippen LogP contribution in [0.4, 0.5) is 13.2 Å². The number of carboxylic acid groups (broad SMARTS) is 1. The number of likely N-dealkylation sites (tertiary alicyclic amines) is 1. The predicted molar refractivity (Wildman–Crippen MR) is 133 cm³/mol. The SMILES string of the molecule is Cc1cn(Cc2c(Cl)ccc(C(=O)N3CCC(CC(=O)O)CC3)c2Cl)c2c(C)cc(C(F)(F)F)cc12. The number of carboxylic acids is 1. The van der Waals surface area contributed by atoms with Gasteiger partial charge in [-0.1, -0.05) is 23.2 Å². The van der Waals surface area contributed by atoms with Crippen molar-refractivity contribution in [1.82, 2.24) is 9.47 Å². The lowest BCUT2D eigenvalue weighted by Gasteiger charge is -2.31. The molecule has 0 saturated carbocycles. The number of hydrogen-bond donors (Lipinski definition) is 1. The molecule has 3 aromatic rings. The van der Waals surface area contributed by atoms with E-state index in [0.717, 1.165) is 12.1 Å². The maximum atomic E-state index is 13.3. The number of aliphatic carboxylic acids is 1. The molecule has 1 N–H and O–H groups in total. The Hall–Kier alpha value is -2.71. The smallest absolute Gasteiger partial charge is 0.416 e. The Morgan fingerprint density at radius 1 is 1.08 bits per heavy atom. The summed E-state index contributed by atoms with van der Waals surface area (Å²) in [5.74, 6) is -1.07. The summed E-state index contributed by atoms with van der Waals surface area (Å²) in [7, 11) is 0. The minimum atomic E-state index is -4.45. The molecule has 0 bridgehead atoms. The number of carbonyl (C=O) groups is 2. The molecule has 0 spiro atoms. The van der Waals surface area contributed by atoms with Crippen LogP contribution >= 0.6 is 23.2 Å². The largest absolute Gasteiger partial charge is 0.481 e. The van der Waals surface area contributed by atoms with E-state index in [2.05, 4.69) is 0 Å².